The van der Waals surface area contributed by atoms with E-state index < -0.39 is 47.0 Å². The number of carboxylic acids is 1. The van der Waals surface area contributed by atoms with Crippen LogP contribution in [0.1, 0.15) is 90.4 Å². The molecular weight excluding hydrogens is 478 g/mol. The maximum Gasteiger partial charge on any atom is 0.303 e. The van der Waals surface area contributed by atoms with Crippen molar-refractivity contribution in [2.75, 3.05) is 6.54 Å². The molecule has 2 heterocycles. The maximum absolute atomic E-state index is 13.0. The second kappa shape index (κ2) is 13.1. The number of unbranched alkanes of at least 4 members (excludes halogenated alkanes) is 6. The third-order valence-electron chi connectivity index (χ3n) is 8.15. The molecule has 2 fully saturated rings. The summed E-state index contributed by atoms with van der Waals surface area (Å²) in [5.74, 6) is -4.28. The molecule has 0 aromatic rings. The lowest BCUT2D eigenvalue weighted by molar-refractivity contribution is -0.286. The van der Waals surface area contributed by atoms with Gasteiger partial charge >= 0.3 is 5.97 Å². The number of allylic oxidation sites excluding steroid dienone is 2. The van der Waals surface area contributed by atoms with Crippen LogP contribution in [0.2, 0.25) is 0 Å². The molecule has 0 amide bonds. The van der Waals surface area contributed by atoms with E-state index in [1.807, 2.05) is 6.08 Å². The number of nitrogens with one attached hydrogen (secondary N) is 1. The number of fused-ring (bicyclic) bond motifs is 1. The third kappa shape index (κ3) is 6.88. The van der Waals surface area contributed by atoms with Gasteiger partial charge in [-0.05, 0) is 25.7 Å². The summed E-state index contributed by atoms with van der Waals surface area (Å²) in [6.45, 7) is 2.37. The van der Waals surface area contributed by atoms with Gasteiger partial charge < -0.3 is 30.5 Å². The van der Waals surface area contributed by atoms with Gasteiger partial charge in [-0.3, -0.25) is 14.4 Å². The first-order chi connectivity index (χ1) is 17.6. The average Bonchev–Trinajstić information content (AvgIpc) is 3.14. The first-order valence-corrected chi connectivity index (χ1v) is 13.8. The van der Waals surface area contributed by atoms with Crippen molar-refractivity contribution in [3.63, 3.8) is 0 Å². The van der Waals surface area contributed by atoms with Crippen molar-refractivity contribution in [2.45, 2.75) is 114 Å². The van der Waals surface area contributed by atoms with E-state index in [4.69, 9.17) is 9.84 Å². The molecule has 0 saturated carbocycles. The van der Waals surface area contributed by atoms with Crippen LogP contribution in [0, 0.1) is 11.3 Å². The topological polar surface area (TPSA) is 153 Å². The van der Waals surface area contributed by atoms with Crippen LogP contribution in [0.3, 0.4) is 0 Å². The number of aliphatic hydroxyl groups excluding tert-OH is 2. The molecule has 9 heteroatoms. The second-order valence-corrected chi connectivity index (χ2v) is 10.8. The monoisotopic (exact) mass is 521 g/mol. The summed E-state index contributed by atoms with van der Waals surface area (Å²) in [7, 11) is 0. The van der Waals surface area contributed by atoms with Crippen molar-refractivity contribution in [3.8, 4) is 0 Å². The summed E-state index contributed by atoms with van der Waals surface area (Å²) >= 11 is 0. The van der Waals surface area contributed by atoms with E-state index >= 15 is 0 Å². The van der Waals surface area contributed by atoms with Gasteiger partial charge in [-0.15, -0.1) is 0 Å². The summed E-state index contributed by atoms with van der Waals surface area (Å²) in [5.41, 5.74) is -0.340. The third-order valence-corrected chi connectivity index (χ3v) is 8.15. The Hall–Kier alpha value is -2.07. The Morgan fingerprint density at radius 1 is 1.19 bits per heavy atom. The van der Waals surface area contributed by atoms with Crippen molar-refractivity contribution in [1.82, 2.24) is 5.32 Å². The highest BCUT2D eigenvalue weighted by Crippen LogP contribution is 2.57. The molecule has 2 saturated heterocycles. The number of carbonyl (C=O) groups excluding carboxylic acids is 2. The molecule has 2 aliphatic heterocycles. The van der Waals surface area contributed by atoms with Crippen LogP contribution in [0.5, 0.6) is 0 Å². The molecule has 3 rings (SSSR count). The summed E-state index contributed by atoms with van der Waals surface area (Å²) in [5, 5.41) is 44.5. The molecule has 5 N–H and O–H groups in total. The Morgan fingerprint density at radius 3 is 2.65 bits per heavy atom. The maximum atomic E-state index is 13.0. The van der Waals surface area contributed by atoms with E-state index in [1.54, 1.807) is 0 Å². The Morgan fingerprint density at radius 2 is 1.92 bits per heavy atom. The molecule has 0 aromatic heterocycles. The van der Waals surface area contributed by atoms with Crippen LogP contribution in [-0.2, 0) is 19.1 Å². The predicted octanol–water partition coefficient (Wildman–Crippen LogP) is 2.77. The summed E-state index contributed by atoms with van der Waals surface area (Å²) in [4.78, 5) is 36.3. The van der Waals surface area contributed by atoms with Gasteiger partial charge in [0.25, 0.3) is 0 Å². The van der Waals surface area contributed by atoms with Gasteiger partial charge in [-0.1, -0.05) is 57.6 Å². The van der Waals surface area contributed by atoms with Crippen LogP contribution in [-0.4, -0.2) is 68.6 Å². The van der Waals surface area contributed by atoms with Crippen molar-refractivity contribution < 1.29 is 39.5 Å². The minimum atomic E-state index is -2.11. The highest BCUT2D eigenvalue weighted by atomic mass is 16.6. The van der Waals surface area contributed by atoms with Crippen molar-refractivity contribution in [1.29, 1.82) is 0 Å². The Bertz CT molecular complexity index is 885. The van der Waals surface area contributed by atoms with E-state index in [0.29, 0.717) is 25.0 Å². The van der Waals surface area contributed by atoms with Crippen molar-refractivity contribution >= 4 is 17.5 Å². The molecule has 1 aliphatic carbocycles. The van der Waals surface area contributed by atoms with Crippen LogP contribution < -0.4 is 5.32 Å². The molecule has 1 spiro atoms. The minimum Gasteiger partial charge on any atom is -0.481 e. The number of hydrogen-bond donors (Lipinski definition) is 5. The van der Waals surface area contributed by atoms with E-state index in [2.05, 4.69) is 18.3 Å². The molecular formula is C28H43NO8. The molecule has 0 aromatic carbocycles. The lowest BCUT2D eigenvalue weighted by Crippen LogP contribution is -2.63. The first-order valence-electron chi connectivity index (χ1n) is 13.8. The lowest BCUT2D eigenvalue weighted by Gasteiger charge is -2.54. The number of carbonyl (C=O) groups is 3. The van der Waals surface area contributed by atoms with Crippen LogP contribution >= 0.6 is 0 Å². The van der Waals surface area contributed by atoms with Gasteiger partial charge in [-0.25, -0.2) is 0 Å². The predicted molar refractivity (Wildman–Crippen MR) is 136 cm³/mol. The van der Waals surface area contributed by atoms with Gasteiger partial charge in [0, 0.05) is 48.9 Å². The van der Waals surface area contributed by atoms with Crippen molar-refractivity contribution in [3.05, 3.63) is 23.9 Å². The molecule has 0 radical (unpaired) electrons. The second-order valence-electron chi connectivity index (χ2n) is 10.8. The summed E-state index contributed by atoms with van der Waals surface area (Å²) in [6.07, 6.45) is 10.00. The molecule has 1 unspecified atom stereocenters. The average molecular weight is 522 g/mol. The normalized spacial score (nSPS) is 31.6. The molecule has 6 atom stereocenters. The number of hydrogen-bond acceptors (Lipinski definition) is 8. The fourth-order valence-electron chi connectivity index (χ4n) is 6.07. The van der Waals surface area contributed by atoms with Gasteiger partial charge in [0.2, 0.25) is 11.6 Å². The fraction of sp³-hybridized carbons (Fsp3) is 0.750. The largest absolute Gasteiger partial charge is 0.481 e. The molecule has 9 nitrogen and oxygen atoms in total. The highest BCUT2D eigenvalue weighted by Gasteiger charge is 2.66. The minimum absolute atomic E-state index is 0.0680. The van der Waals surface area contributed by atoms with Crippen LogP contribution in [0.15, 0.2) is 23.9 Å². The Kier molecular flexibility index (Phi) is 10.5. The first kappa shape index (κ1) is 29.5. The Labute approximate surface area is 219 Å². The van der Waals surface area contributed by atoms with Crippen molar-refractivity contribution in [2.24, 2.45) is 11.3 Å². The number of Topliss-reactive ketones (excluding diaryl/α,β-unsaturated/α-hetero) is 1. The number of carboxylic acid groups (broad SMARTS) is 1. The quantitative estimate of drug-likeness (QED) is 0.152. The Balaban J connectivity index is 1.67. The number of aliphatic hydroxyl groups is 3. The smallest absolute Gasteiger partial charge is 0.303 e. The number of ether oxygens (including phenoxy) is 1. The summed E-state index contributed by atoms with van der Waals surface area (Å²) < 4.78 is 5.92. The van der Waals surface area contributed by atoms with Gasteiger partial charge in [0.05, 0.1) is 12.2 Å². The van der Waals surface area contributed by atoms with E-state index in [1.165, 1.54) is 6.08 Å². The SMILES string of the molecule is CCCC/C=C\C[C@H]1[C@H](CC(=O)[C@H](O)CCCCCCCC(=O)O)O[C@@]2(O)CC13C(=CC2=O)NC[C@H]3O. The fourth-order valence-corrected chi connectivity index (χ4v) is 6.07. The lowest BCUT2D eigenvalue weighted by atomic mass is 9.58. The van der Waals surface area contributed by atoms with Crippen LogP contribution in [0.25, 0.3) is 0 Å². The summed E-state index contributed by atoms with van der Waals surface area (Å²) in [6, 6.07) is 0. The molecule has 208 valence electrons. The standard InChI is InChI=1S/C28H43NO8/c1-2-3-4-6-9-12-19-22(15-21(31)20(30)13-10-7-5-8-11-14-26(34)35)37-28(36)18-27(19)23(16-24(28)32)29-17-25(27)33/h6,9,16,19-20,22,25,29-30,33,36H,2-5,7-8,10-15,17-18H2,1H3,(H,34,35)/b9-6-/t19-,20+,22-,25+,27?,28-/m0/s1. The molecule has 2 bridgehead atoms. The van der Waals surface area contributed by atoms with E-state index in [9.17, 15) is 29.7 Å². The van der Waals surface area contributed by atoms with Crippen LogP contribution in [0.4, 0.5) is 0 Å². The van der Waals surface area contributed by atoms with E-state index in [-0.39, 0.29) is 38.1 Å². The number of ketones is 2. The number of aliphatic carboxylic acids is 1. The van der Waals surface area contributed by atoms with Gasteiger partial charge in [0.15, 0.2) is 5.78 Å². The number of rotatable bonds is 16. The van der Waals surface area contributed by atoms with Gasteiger partial charge in [0.1, 0.15) is 6.10 Å². The number of β-amino-alcohol motifs (C(OH)–C–C–N with tert-alkyl or cyclic N) is 1. The zero-order valence-corrected chi connectivity index (χ0v) is 21.9. The zero-order chi connectivity index (χ0) is 27.1. The zero-order valence-electron chi connectivity index (χ0n) is 21.9. The molecule has 3 aliphatic rings. The van der Waals surface area contributed by atoms with E-state index in [0.717, 1.165) is 38.5 Å². The van der Waals surface area contributed by atoms with Gasteiger partial charge in [-0.2, -0.15) is 0 Å². The highest BCUT2D eigenvalue weighted by molar-refractivity contribution is 5.98. The molecule has 37 heavy (non-hydrogen) atoms.